The van der Waals surface area contributed by atoms with Crippen molar-refractivity contribution in [3.8, 4) is 11.5 Å². The van der Waals surface area contributed by atoms with Crippen molar-refractivity contribution in [3.05, 3.63) is 60.7 Å². The number of anilines is 5. The third-order valence-electron chi connectivity index (χ3n) is 6.07. The lowest BCUT2D eigenvalue weighted by atomic mass is 10.1. The molecular formula is C32H41N7O7. The Kier molecular flexibility index (Phi) is 12.5. The van der Waals surface area contributed by atoms with Gasteiger partial charge in [0.1, 0.15) is 17.1 Å². The Bertz CT molecular complexity index is 1570. The smallest absolute Gasteiger partial charge is 0.407 e. The van der Waals surface area contributed by atoms with Crippen molar-refractivity contribution in [2.45, 2.75) is 26.4 Å². The number of ether oxygens (including phenoxy) is 4. The van der Waals surface area contributed by atoms with Gasteiger partial charge in [0.05, 0.1) is 39.6 Å². The number of benzene rings is 3. The molecule has 6 N–H and O–H groups in total. The number of aromatic nitrogens is 3. The second kappa shape index (κ2) is 17.0. The van der Waals surface area contributed by atoms with Gasteiger partial charge in [-0.15, -0.1) is 0 Å². The largest absolute Gasteiger partial charge is 0.508 e. The van der Waals surface area contributed by atoms with Gasteiger partial charge in [0.25, 0.3) is 0 Å². The topological polar surface area (TPSA) is 181 Å². The van der Waals surface area contributed by atoms with Crippen LogP contribution in [0.4, 0.5) is 34.0 Å². The number of aromatic hydroxyl groups is 2. The van der Waals surface area contributed by atoms with Gasteiger partial charge in [-0.1, -0.05) is 30.3 Å². The SMILES string of the molecule is CC(C)(C)OC(=O)NCCOCCOCCOCCNc1nc(Nc2cccc(O)c2)nc(Nc2ccc(O)c3ccccc23)n1. The highest BCUT2D eigenvalue weighted by Crippen LogP contribution is 2.32. The number of rotatable bonds is 17. The van der Waals surface area contributed by atoms with Crippen LogP contribution >= 0.6 is 0 Å². The Morgan fingerprint density at radius 1 is 0.717 bits per heavy atom. The molecule has 0 saturated heterocycles. The minimum atomic E-state index is -0.536. The summed E-state index contributed by atoms with van der Waals surface area (Å²) < 4.78 is 21.8. The van der Waals surface area contributed by atoms with Crippen LogP contribution < -0.4 is 21.3 Å². The quantitative estimate of drug-likeness (QED) is 0.0681. The summed E-state index contributed by atoms with van der Waals surface area (Å²) in [6, 6.07) is 17.4. The number of nitrogens with one attached hydrogen (secondary N) is 4. The Hall–Kier alpha value is -4.92. The van der Waals surface area contributed by atoms with E-state index in [9.17, 15) is 15.0 Å². The Labute approximate surface area is 267 Å². The molecule has 14 heteroatoms. The first-order valence-corrected chi connectivity index (χ1v) is 14.9. The molecule has 0 fully saturated rings. The predicted octanol–water partition coefficient (Wildman–Crippen LogP) is 4.91. The highest BCUT2D eigenvalue weighted by atomic mass is 16.6. The molecule has 0 aliphatic heterocycles. The molecule has 0 saturated carbocycles. The summed E-state index contributed by atoms with van der Waals surface area (Å²) in [5, 5.41) is 33.7. The molecule has 0 aliphatic carbocycles. The number of alkyl carbamates (subject to hydrolysis) is 1. The van der Waals surface area contributed by atoms with Crippen LogP contribution in [0.25, 0.3) is 10.8 Å². The van der Waals surface area contributed by atoms with E-state index in [4.69, 9.17) is 18.9 Å². The van der Waals surface area contributed by atoms with E-state index >= 15 is 0 Å². The van der Waals surface area contributed by atoms with Gasteiger partial charge in [0.2, 0.25) is 17.8 Å². The molecule has 1 heterocycles. The van der Waals surface area contributed by atoms with Crippen molar-refractivity contribution in [3.63, 3.8) is 0 Å². The van der Waals surface area contributed by atoms with Crippen molar-refractivity contribution in [2.75, 3.05) is 68.7 Å². The van der Waals surface area contributed by atoms with E-state index in [2.05, 4.69) is 36.2 Å². The fourth-order valence-electron chi connectivity index (χ4n) is 4.11. The first-order valence-electron chi connectivity index (χ1n) is 14.9. The number of nitrogens with zero attached hydrogens (tertiary/aromatic N) is 3. The van der Waals surface area contributed by atoms with Gasteiger partial charge in [-0.25, -0.2) is 4.79 Å². The van der Waals surface area contributed by atoms with Gasteiger partial charge in [-0.2, -0.15) is 15.0 Å². The van der Waals surface area contributed by atoms with E-state index < -0.39 is 11.7 Å². The predicted molar refractivity (Wildman–Crippen MR) is 175 cm³/mol. The van der Waals surface area contributed by atoms with Gasteiger partial charge < -0.3 is 50.4 Å². The number of fused-ring (bicyclic) bond motifs is 1. The standard InChI is InChI=1S/C32H41N7O7/c1-32(2,3)46-31(42)34-14-16-44-18-20-45-19-17-43-15-13-33-28-37-29(35-22-7-6-8-23(40)21-22)39-30(38-28)36-26-11-12-27(41)25-10-5-4-9-24(25)26/h4-12,21,40-41H,13-20H2,1-3H3,(H,34,42)(H3,33,35,36,37,38,39). The van der Waals surface area contributed by atoms with Crippen molar-refractivity contribution in [1.82, 2.24) is 20.3 Å². The van der Waals surface area contributed by atoms with E-state index in [0.717, 1.165) is 5.39 Å². The molecule has 0 unspecified atom stereocenters. The van der Waals surface area contributed by atoms with E-state index in [-0.39, 0.29) is 23.4 Å². The number of carbonyl (C=O) groups excluding carboxylic acids is 1. The molecule has 0 radical (unpaired) electrons. The summed E-state index contributed by atoms with van der Waals surface area (Å²) in [6.07, 6.45) is -0.472. The van der Waals surface area contributed by atoms with Crippen molar-refractivity contribution >= 4 is 46.1 Å². The maximum absolute atomic E-state index is 11.6. The summed E-state index contributed by atoms with van der Waals surface area (Å²) in [7, 11) is 0. The number of hydrogen-bond donors (Lipinski definition) is 6. The monoisotopic (exact) mass is 635 g/mol. The van der Waals surface area contributed by atoms with Crippen LogP contribution in [0, 0.1) is 0 Å². The summed E-state index contributed by atoms with van der Waals surface area (Å²) in [5.74, 6) is 1.11. The van der Waals surface area contributed by atoms with Gasteiger partial charge in [0, 0.05) is 41.3 Å². The summed E-state index contributed by atoms with van der Waals surface area (Å²) >= 11 is 0. The van der Waals surface area contributed by atoms with Crippen LogP contribution in [0.1, 0.15) is 20.8 Å². The van der Waals surface area contributed by atoms with Gasteiger partial charge in [-0.3, -0.25) is 0 Å². The lowest BCUT2D eigenvalue weighted by Gasteiger charge is -2.19. The minimum absolute atomic E-state index is 0.104. The molecule has 0 aliphatic rings. The fraction of sp³-hybridized carbons (Fsp3) is 0.375. The number of hydrogen-bond acceptors (Lipinski definition) is 13. The average Bonchev–Trinajstić information content (AvgIpc) is 3.00. The summed E-state index contributed by atoms with van der Waals surface area (Å²) in [5.41, 5.74) is 0.774. The highest BCUT2D eigenvalue weighted by molar-refractivity contribution is 5.98. The van der Waals surface area contributed by atoms with Crippen LogP contribution in [0.15, 0.2) is 60.7 Å². The molecule has 14 nitrogen and oxygen atoms in total. The third-order valence-corrected chi connectivity index (χ3v) is 6.07. The van der Waals surface area contributed by atoms with Crippen molar-refractivity contribution in [1.29, 1.82) is 0 Å². The zero-order valence-corrected chi connectivity index (χ0v) is 26.2. The average molecular weight is 636 g/mol. The van der Waals surface area contributed by atoms with Gasteiger partial charge in [-0.05, 0) is 45.0 Å². The lowest BCUT2D eigenvalue weighted by Crippen LogP contribution is -2.34. The maximum atomic E-state index is 11.6. The minimum Gasteiger partial charge on any atom is -0.508 e. The van der Waals surface area contributed by atoms with Crippen LogP contribution in [-0.2, 0) is 18.9 Å². The van der Waals surface area contributed by atoms with E-state index in [1.807, 2.05) is 24.3 Å². The molecule has 46 heavy (non-hydrogen) atoms. The van der Waals surface area contributed by atoms with Crippen molar-refractivity contribution in [2.24, 2.45) is 0 Å². The van der Waals surface area contributed by atoms with Gasteiger partial charge >= 0.3 is 6.09 Å². The molecule has 1 aromatic heterocycles. The molecule has 246 valence electrons. The van der Waals surface area contributed by atoms with Gasteiger partial charge in [0.15, 0.2) is 0 Å². The molecule has 0 atom stereocenters. The highest BCUT2D eigenvalue weighted by Gasteiger charge is 2.15. The maximum Gasteiger partial charge on any atom is 0.407 e. The van der Waals surface area contributed by atoms with Crippen molar-refractivity contribution < 1.29 is 34.0 Å². The fourth-order valence-corrected chi connectivity index (χ4v) is 4.11. The van der Waals surface area contributed by atoms with Crippen LogP contribution in [0.3, 0.4) is 0 Å². The molecule has 0 bridgehead atoms. The molecule has 4 rings (SSSR count). The third kappa shape index (κ3) is 11.5. The summed E-state index contributed by atoms with van der Waals surface area (Å²) in [6.45, 7) is 8.52. The Morgan fingerprint density at radius 3 is 2.04 bits per heavy atom. The van der Waals surface area contributed by atoms with Crippen LogP contribution in [-0.4, -0.2) is 89.6 Å². The molecule has 4 aromatic rings. The lowest BCUT2D eigenvalue weighted by molar-refractivity contribution is 0.0157. The number of phenols is 2. The van der Waals surface area contributed by atoms with Crippen LogP contribution in [0.5, 0.6) is 11.5 Å². The van der Waals surface area contributed by atoms with E-state index in [1.54, 1.807) is 57.2 Å². The zero-order chi connectivity index (χ0) is 32.8. The molecule has 1 amide bonds. The van der Waals surface area contributed by atoms with Crippen LogP contribution in [0.2, 0.25) is 0 Å². The first kappa shape index (κ1) is 34.0. The van der Waals surface area contributed by atoms with E-state index in [0.29, 0.717) is 75.4 Å². The molecule has 3 aromatic carbocycles. The summed E-state index contributed by atoms with van der Waals surface area (Å²) in [4.78, 5) is 25.1. The Morgan fingerprint density at radius 2 is 1.35 bits per heavy atom. The second-order valence-corrected chi connectivity index (χ2v) is 11.0. The van der Waals surface area contributed by atoms with E-state index in [1.165, 1.54) is 0 Å². The number of phenolic OH excluding ortho intramolecular Hbond substituents is 2. The molecule has 0 spiro atoms. The number of carbonyl (C=O) groups is 1. The first-order chi connectivity index (χ1) is 22.2. The normalized spacial score (nSPS) is 11.3. The zero-order valence-electron chi connectivity index (χ0n) is 26.2. The molecular weight excluding hydrogens is 594 g/mol. The number of amides is 1. The Balaban J connectivity index is 1.21. The second-order valence-electron chi connectivity index (χ2n) is 11.0.